The van der Waals surface area contributed by atoms with E-state index in [2.05, 4.69) is 45.2 Å². The van der Waals surface area contributed by atoms with Gasteiger partial charge in [-0.3, -0.25) is 4.68 Å². The third-order valence-corrected chi connectivity index (χ3v) is 4.76. The van der Waals surface area contributed by atoms with E-state index in [-0.39, 0.29) is 0 Å². The lowest BCUT2D eigenvalue weighted by molar-refractivity contribution is 0.299. The van der Waals surface area contributed by atoms with Crippen LogP contribution in [0.2, 0.25) is 0 Å². The molecule has 0 aromatic carbocycles. The molecule has 0 spiro atoms. The van der Waals surface area contributed by atoms with Crippen LogP contribution >= 0.6 is 15.9 Å². The van der Waals surface area contributed by atoms with E-state index in [0.29, 0.717) is 6.04 Å². The minimum absolute atomic E-state index is 0.697. The summed E-state index contributed by atoms with van der Waals surface area (Å²) in [4.78, 5) is 2.45. The van der Waals surface area contributed by atoms with Gasteiger partial charge in [-0.1, -0.05) is 6.92 Å². The summed E-state index contributed by atoms with van der Waals surface area (Å²) in [5, 5.41) is 8.07. The van der Waals surface area contributed by atoms with Crippen molar-refractivity contribution in [3.63, 3.8) is 0 Å². The average molecular weight is 315 g/mol. The van der Waals surface area contributed by atoms with Gasteiger partial charge in [0.05, 0.1) is 15.9 Å². The van der Waals surface area contributed by atoms with Gasteiger partial charge in [-0.05, 0) is 48.8 Å². The van der Waals surface area contributed by atoms with Crippen molar-refractivity contribution in [2.75, 3.05) is 20.1 Å². The molecule has 1 aliphatic rings. The minimum atomic E-state index is 0.697. The van der Waals surface area contributed by atoms with Gasteiger partial charge in [-0.25, -0.2) is 0 Å². The van der Waals surface area contributed by atoms with Crippen LogP contribution in [0.1, 0.15) is 31.2 Å². The Balaban J connectivity index is 1.88. The van der Waals surface area contributed by atoms with Gasteiger partial charge in [-0.15, -0.1) is 0 Å². The molecule has 0 bridgehead atoms. The molecule has 0 amide bonds. The van der Waals surface area contributed by atoms with Gasteiger partial charge in [0.25, 0.3) is 0 Å². The van der Waals surface area contributed by atoms with Crippen molar-refractivity contribution in [1.29, 1.82) is 0 Å². The number of rotatable bonds is 5. The number of halogens is 1. The summed E-state index contributed by atoms with van der Waals surface area (Å²) in [5.41, 5.74) is 2.39. The molecule has 0 radical (unpaired) electrons. The number of nitrogens with one attached hydrogen (secondary N) is 1. The summed E-state index contributed by atoms with van der Waals surface area (Å²) >= 11 is 3.65. The highest BCUT2D eigenvalue weighted by Crippen LogP contribution is 2.21. The van der Waals surface area contributed by atoms with Crippen molar-refractivity contribution in [3.05, 3.63) is 15.9 Å². The Hall–Kier alpha value is -0.390. The second-order valence-corrected chi connectivity index (χ2v) is 5.89. The van der Waals surface area contributed by atoms with Crippen LogP contribution < -0.4 is 5.32 Å². The quantitative estimate of drug-likeness (QED) is 0.901. The molecule has 0 saturated carbocycles. The van der Waals surface area contributed by atoms with Gasteiger partial charge in [-0.2, -0.15) is 5.10 Å². The van der Waals surface area contributed by atoms with Crippen LogP contribution in [-0.2, 0) is 20.0 Å². The maximum Gasteiger partial charge on any atom is 0.0767 e. The summed E-state index contributed by atoms with van der Waals surface area (Å²) < 4.78 is 3.15. The zero-order valence-electron chi connectivity index (χ0n) is 11.5. The van der Waals surface area contributed by atoms with Crippen molar-refractivity contribution >= 4 is 15.9 Å². The molecule has 2 heterocycles. The van der Waals surface area contributed by atoms with Crippen LogP contribution in [0, 0.1) is 0 Å². The number of hydrogen-bond acceptors (Lipinski definition) is 3. The molecule has 102 valence electrons. The third kappa shape index (κ3) is 2.95. The topological polar surface area (TPSA) is 33.1 Å². The Morgan fingerprint density at radius 2 is 2.22 bits per heavy atom. The Labute approximate surface area is 118 Å². The van der Waals surface area contributed by atoms with Crippen molar-refractivity contribution < 1.29 is 0 Å². The highest BCUT2D eigenvalue weighted by atomic mass is 79.9. The molecule has 1 saturated heterocycles. The fourth-order valence-electron chi connectivity index (χ4n) is 2.61. The highest BCUT2D eigenvalue weighted by Gasteiger charge is 2.20. The van der Waals surface area contributed by atoms with Crippen molar-refractivity contribution in [3.8, 4) is 0 Å². The molecule has 0 aliphatic carbocycles. The maximum absolute atomic E-state index is 4.51. The summed E-state index contributed by atoms with van der Waals surface area (Å²) in [6.07, 6.45) is 3.62. The van der Waals surface area contributed by atoms with E-state index in [0.717, 1.165) is 25.2 Å². The van der Waals surface area contributed by atoms with Crippen molar-refractivity contribution in [2.45, 2.75) is 38.8 Å². The maximum atomic E-state index is 4.51. The Kier molecular flexibility index (Phi) is 4.81. The molecule has 4 nitrogen and oxygen atoms in total. The zero-order valence-corrected chi connectivity index (χ0v) is 13.1. The highest BCUT2D eigenvalue weighted by molar-refractivity contribution is 9.10. The second-order valence-electron chi connectivity index (χ2n) is 5.09. The number of likely N-dealkylation sites (tertiary alicyclic amines) is 1. The number of likely N-dealkylation sites (N-methyl/N-ethyl adjacent to an activating group) is 1. The molecule has 2 rings (SSSR count). The molecule has 1 aromatic heterocycles. The van der Waals surface area contributed by atoms with Crippen molar-refractivity contribution in [1.82, 2.24) is 20.0 Å². The second kappa shape index (κ2) is 6.17. The Morgan fingerprint density at radius 1 is 1.44 bits per heavy atom. The summed E-state index contributed by atoms with van der Waals surface area (Å²) in [6, 6.07) is 0.697. The minimum Gasteiger partial charge on any atom is -0.310 e. The smallest absolute Gasteiger partial charge is 0.0767 e. The van der Waals surface area contributed by atoms with Crippen molar-refractivity contribution in [2.24, 2.45) is 7.05 Å². The van der Waals surface area contributed by atoms with Crippen LogP contribution in [0.3, 0.4) is 0 Å². The number of aryl methyl sites for hydroxylation is 2. The first-order valence-electron chi connectivity index (χ1n) is 6.74. The average Bonchev–Trinajstić information content (AvgIpc) is 2.87. The van der Waals surface area contributed by atoms with Crippen LogP contribution in [0.15, 0.2) is 4.47 Å². The molecule has 1 atom stereocenters. The van der Waals surface area contributed by atoms with Crippen LogP contribution in [0.4, 0.5) is 0 Å². The van der Waals surface area contributed by atoms with Gasteiger partial charge < -0.3 is 10.2 Å². The van der Waals surface area contributed by atoms with Gasteiger partial charge >= 0.3 is 0 Å². The fraction of sp³-hybridized carbons (Fsp3) is 0.769. The van der Waals surface area contributed by atoms with Gasteiger partial charge in [0, 0.05) is 26.2 Å². The molecule has 1 aliphatic heterocycles. The van der Waals surface area contributed by atoms with E-state index in [1.165, 1.54) is 29.6 Å². The van der Waals surface area contributed by atoms with E-state index in [9.17, 15) is 0 Å². The molecule has 18 heavy (non-hydrogen) atoms. The predicted octanol–water partition coefficient (Wildman–Crippen LogP) is 1.93. The van der Waals surface area contributed by atoms with E-state index >= 15 is 0 Å². The Morgan fingerprint density at radius 3 is 2.78 bits per heavy atom. The zero-order chi connectivity index (χ0) is 13.1. The van der Waals surface area contributed by atoms with E-state index in [1.807, 2.05) is 11.7 Å². The molecular weight excluding hydrogens is 292 g/mol. The predicted molar refractivity (Wildman–Crippen MR) is 77.6 cm³/mol. The van der Waals surface area contributed by atoms with E-state index < -0.39 is 0 Å². The summed E-state index contributed by atoms with van der Waals surface area (Å²) in [6.45, 7) is 5.32. The molecular formula is C13H23BrN4. The lowest BCUT2D eigenvalue weighted by atomic mass is 10.2. The van der Waals surface area contributed by atoms with Gasteiger partial charge in [0.2, 0.25) is 0 Å². The molecule has 1 fully saturated rings. The fourth-order valence-corrected chi connectivity index (χ4v) is 3.36. The number of aromatic nitrogens is 2. The normalized spacial score (nSPS) is 20.8. The molecule has 5 heteroatoms. The molecule has 1 N–H and O–H groups in total. The molecule has 1 aromatic rings. The third-order valence-electron chi connectivity index (χ3n) is 3.85. The first kappa shape index (κ1) is 14.0. The lowest BCUT2D eigenvalue weighted by Gasteiger charge is -2.19. The SMILES string of the molecule is CCc1nn(C)c(CNCC2CCCN2C)c1Br. The number of hydrogen-bond donors (Lipinski definition) is 1. The summed E-state index contributed by atoms with van der Waals surface area (Å²) in [7, 11) is 4.23. The van der Waals surface area contributed by atoms with Crippen LogP contribution in [0.25, 0.3) is 0 Å². The first-order chi connectivity index (χ1) is 8.63. The summed E-state index contributed by atoms with van der Waals surface area (Å²) in [5.74, 6) is 0. The molecule has 1 unspecified atom stereocenters. The van der Waals surface area contributed by atoms with Crippen LogP contribution in [0.5, 0.6) is 0 Å². The first-order valence-corrected chi connectivity index (χ1v) is 7.54. The Bertz CT molecular complexity index is 402. The standard InChI is InChI=1S/C13H23BrN4/c1-4-11-13(14)12(18(3)16-11)9-15-8-10-6-5-7-17(10)2/h10,15H,4-9H2,1-3H3. The van der Waals surface area contributed by atoms with Gasteiger partial charge in [0.15, 0.2) is 0 Å². The monoisotopic (exact) mass is 314 g/mol. The van der Waals surface area contributed by atoms with E-state index in [1.54, 1.807) is 0 Å². The van der Waals surface area contributed by atoms with Gasteiger partial charge in [0.1, 0.15) is 0 Å². The lowest BCUT2D eigenvalue weighted by Crippen LogP contribution is -2.35. The largest absolute Gasteiger partial charge is 0.310 e. The number of nitrogens with zero attached hydrogens (tertiary/aromatic N) is 3. The van der Waals surface area contributed by atoms with Crippen LogP contribution in [-0.4, -0.2) is 40.9 Å². The van der Waals surface area contributed by atoms with E-state index in [4.69, 9.17) is 0 Å².